The van der Waals surface area contributed by atoms with E-state index in [2.05, 4.69) is 4.74 Å². The number of amides is 1. The van der Waals surface area contributed by atoms with Gasteiger partial charge in [-0.05, 0) is 42.7 Å². The van der Waals surface area contributed by atoms with Gasteiger partial charge in [-0.2, -0.15) is 8.78 Å². The van der Waals surface area contributed by atoms with Crippen LogP contribution in [-0.4, -0.2) is 31.1 Å². The third kappa shape index (κ3) is 4.64. The number of para-hydroxylation sites is 1. The van der Waals surface area contributed by atoms with Gasteiger partial charge in [0.15, 0.2) is 0 Å². The zero-order chi connectivity index (χ0) is 19.2. The van der Waals surface area contributed by atoms with Crippen LogP contribution in [0.5, 0.6) is 11.5 Å². The highest BCUT2D eigenvalue weighted by Gasteiger charge is 2.28. The predicted octanol–water partition coefficient (Wildman–Crippen LogP) is 4.67. The summed E-state index contributed by atoms with van der Waals surface area (Å²) in [4.78, 5) is 14.5. The number of rotatable bonds is 6. The van der Waals surface area contributed by atoms with Crippen LogP contribution < -0.4 is 9.47 Å². The summed E-state index contributed by atoms with van der Waals surface area (Å²) < 4.78 is 34.7. The number of ether oxygens (including phenoxy) is 2. The topological polar surface area (TPSA) is 38.8 Å². The van der Waals surface area contributed by atoms with E-state index in [1.165, 1.54) is 18.2 Å². The summed E-state index contributed by atoms with van der Waals surface area (Å²) in [5, 5.41) is 0. The second-order valence-electron chi connectivity index (χ2n) is 6.21. The molecule has 2 aromatic carbocycles. The van der Waals surface area contributed by atoms with Gasteiger partial charge >= 0.3 is 6.61 Å². The Labute approximate surface area is 157 Å². The highest BCUT2D eigenvalue weighted by Crippen LogP contribution is 2.33. The van der Waals surface area contributed by atoms with Crippen LogP contribution in [0.15, 0.2) is 54.6 Å². The lowest BCUT2D eigenvalue weighted by Crippen LogP contribution is -2.28. The van der Waals surface area contributed by atoms with Gasteiger partial charge in [0, 0.05) is 18.2 Å². The quantitative estimate of drug-likeness (QED) is 0.691. The van der Waals surface area contributed by atoms with E-state index in [0.29, 0.717) is 12.1 Å². The lowest BCUT2D eigenvalue weighted by atomic mass is 10.0. The molecule has 0 N–H and O–H groups in total. The second kappa shape index (κ2) is 8.66. The van der Waals surface area contributed by atoms with Crippen molar-refractivity contribution in [2.45, 2.75) is 25.5 Å². The number of carbonyl (C=O) groups is 1. The van der Waals surface area contributed by atoms with Gasteiger partial charge in [0.2, 0.25) is 5.91 Å². The third-order valence-corrected chi connectivity index (χ3v) is 4.58. The van der Waals surface area contributed by atoms with Gasteiger partial charge in [0.1, 0.15) is 11.5 Å². The Morgan fingerprint density at radius 3 is 2.63 bits per heavy atom. The smallest absolute Gasteiger partial charge is 0.387 e. The molecule has 142 valence electrons. The molecule has 0 aromatic heterocycles. The molecule has 2 aromatic rings. The minimum Gasteiger partial charge on any atom is -0.497 e. The molecule has 1 atom stereocenters. The highest BCUT2D eigenvalue weighted by molar-refractivity contribution is 5.92. The van der Waals surface area contributed by atoms with Crippen molar-refractivity contribution >= 4 is 12.0 Å². The zero-order valence-electron chi connectivity index (χ0n) is 15.0. The lowest BCUT2D eigenvalue weighted by Gasteiger charge is -2.24. The Kier molecular flexibility index (Phi) is 6.06. The van der Waals surface area contributed by atoms with Crippen LogP contribution >= 0.6 is 0 Å². The van der Waals surface area contributed by atoms with Gasteiger partial charge in [-0.3, -0.25) is 4.79 Å². The molecule has 1 aliphatic rings. The van der Waals surface area contributed by atoms with Crippen LogP contribution in [0.1, 0.15) is 30.0 Å². The summed E-state index contributed by atoms with van der Waals surface area (Å²) in [5.74, 6) is 0.662. The number of alkyl halides is 2. The van der Waals surface area contributed by atoms with Gasteiger partial charge in [0.25, 0.3) is 0 Å². The molecular weight excluding hydrogens is 352 g/mol. The Bertz CT molecular complexity index is 805. The summed E-state index contributed by atoms with van der Waals surface area (Å²) in [7, 11) is 1.61. The molecule has 1 heterocycles. The van der Waals surface area contributed by atoms with E-state index in [4.69, 9.17) is 4.74 Å². The van der Waals surface area contributed by atoms with Crippen molar-refractivity contribution in [1.29, 1.82) is 0 Å². The van der Waals surface area contributed by atoms with E-state index in [1.54, 1.807) is 30.2 Å². The van der Waals surface area contributed by atoms with Crippen molar-refractivity contribution in [3.05, 3.63) is 65.7 Å². The fourth-order valence-electron chi connectivity index (χ4n) is 3.28. The monoisotopic (exact) mass is 373 g/mol. The van der Waals surface area contributed by atoms with Crippen molar-refractivity contribution in [2.75, 3.05) is 13.7 Å². The van der Waals surface area contributed by atoms with Gasteiger partial charge in [-0.25, -0.2) is 0 Å². The number of methoxy groups -OCH3 is 1. The SMILES string of the molecule is COc1ccc([C@@H]2CCCN2C(=O)/C=C\c2ccccc2OC(F)F)cc1. The fraction of sp³-hybridized carbons (Fsp3) is 0.286. The lowest BCUT2D eigenvalue weighted by molar-refractivity contribution is -0.126. The second-order valence-corrected chi connectivity index (χ2v) is 6.21. The maximum absolute atomic E-state index is 12.7. The number of hydrogen-bond acceptors (Lipinski definition) is 3. The molecule has 3 rings (SSSR count). The molecule has 6 heteroatoms. The number of carbonyl (C=O) groups excluding carboxylic acids is 1. The number of halogens is 2. The first-order chi connectivity index (χ1) is 13.1. The van der Waals surface area contributed by atoms with Gasteiger partial charge in [0.05, 0.1) is 13.2 Å². The predicted molar refractivity (Wildman–Crippen MR) is 98.8 cm³/mol. The molecule has 1 aliphatic heterocycles. The first kappa shape index (κ1) is 18.9. The summed E-state index contributed by atoms with van der Waals surface area (Å²) >= 11 is 0. The largest absolute Gasteiger partial charge is 0.497 e. The van der Waals surface area contributed by atoms with Crippen molar-refractivity contribution < 1.29 is 23.0 Å². The van der Waals surface area contributed by atoms with E-state index in [0.717, 1.165) is 24.2 Å². The van der Waals surface area contributed by atoms with E-state index in [9.17, 15) is 13.6 Å². The van der Waals surface area contributed by atoms with E-state index in [-0.39, 0.29) is 17.7 Å². The maximum Gasteiger partial charge on any atom is 0.387 e. The Hall–Kier alpha value is -2.89. The molecule has 0 unspecified atom stereocenters. The molecule has 0 spiro atoms. The van der Waals surface area contributed by atoms with E-state index >= 15 is 0 Å². The maximum atomic E-state index is 12.7. The van der Waals surface area contributed by atoms with Crippen LogP contribution in [0.25, 0.3) is 6.08 Å². The molecule has 0 aliphatic carbocycles. The Morgan fingerprint density at radius 2 is 1.93 bits per heavy atom. The first-order valence-electron chi connectivity index (χ1n) is 8.75. The molecule has 27 heavy (non-hydrogen) atoms. The first-order valence-corrected chi connectivity index (χ1v) is 8.75. The summed E-state index contributed by atoms with van der Waals surface area (Å²) in [6.45, 7) is -2.25. The molecule has 1 amide bonds. The molecule has 0 radical (unpaired) electrons. The fourth-order valence-corrected chi connectivity index (χ4v) is 3.28. The number of likely N-dealkylation sites (tertiary alicyclic amines) is 1. The van der Waals surface area contributed by atoms with Crippen LogP contribution in [0.3, 0.4) is 0 Å². The van der Waals surface area contributed by atoms with E-state index < -0.39 is 6.61 Å². The highest BCUT2D eigenvalue weighted by atomic mass is 19.3. The van der Waals surface area contributed by atoms with Crippen LogP contribution in [0.2, 0.25) is 0 Å². The number of benzene rings is 2. The molecule has 0 saturated carbocycles. The van der Waals surface area contributed by atoms with Crippen molar-refractivity contribution in [1.82, 2.24) is 4.90 Å². The van der Waals surface area contributed by atoms with Gasteiger partial charge in [-0.15, -0.1) is 0 Å². The normalized spacial score (nSPS) is 16.9. The van der Waals surface area contributed by atoms with Gasteiger partial charge in [-0.1, -0.05) is 30.3 Å². The molecule has 0 bridgehead atoms. The third-order valence-electron chi connectivity index (χ3n) is 4.58. The molecular formula is C21H21F2NO3. The minimum atomic E-state index is -2.91. The number of hydrogen-bond donors (Lipinski definition) is 0. The van der Waals surface area contributed by atoms with Crippen molar-refractivity contribution in [3.8, 4) is 11.5 Å². The summed E-state index contributed by atoms with van der Waals surface area (Å²) in [5.41, 5.74) is 1.49. The zero-order valence-corrected chi connectivity index (χ0v) is 15.0. The number of nitrogens with zero attached hydrogens (tertiary/aromatic N) is 1. The van der Waals surface area contributed by atoms with E-state index in [1.807, 2.05) is 24.3 Å². The Morgan fingerprint density at radius 1 is 1.19 bits per heavy atom. The summed E-state index contributed by atoms with van der Waals surface area (Å²) in [6, 6.07) is 14.1. The standard InChI is InChI=1S/C21H21F2NO3/c1-26-17-11-8-15(9-12-17)18-6-4-14-24(18)20(25)13-10-16-5-2-3-7-19(16)27-21(22)23/h2-3,5,7-13,18,21H,4,6,14H2,1H3/b13-10-/t18-/m0/s1. The summed E-state index contributed by atoms with van der Waals surface area (Å²) in [6.07, 6.45) is 4.73. The average Bonchev–Trinajstić information content (AvgIpc) is 3.16. The van der Waals surface area contributed by atoms with Crippen LogP contribution in [0.4, 0.5) is 8.78 Å². The molecule has 1 fully saturated rings. The van der Waals surface area contributed by atoms with Crippen molar-refractivity contribution in [2.24, 2.45) is 0 Å². The molecule has 1 saturated heterocycles. The Balaban J connectivity index is 1.74. The van der Waals surface area contributed by atoms with Crippen LogP contribution in [0, 0.1) is 0 Å². The molecule has 4 nitrogen and oxygen atoms in total. The minimum absolute atomic E-state index is 0.000568. The average molecular weight is 373 g/mol. The van der Waals surface area contributed by atoms with Gasteiger partial charge < -0.3 is 14.4 Å². The van der Waals surface area contributed by atoms with Crippen molar-refractivity contribution in [3.63, 3.8) is 0 Å². The van der Waals surface area contributed by atoms with Crippen LogP contribution in [-0.2, 0) is 4.79 Å².